The number of rotatable bonds is 7. The second-order valence-corrected chi connectivity index (χ2v) is 8.72. The molecule has 1 N–H and O–H groups in total. The Morgan fingerprint density at radius 1 is 1.04 bits per heavy atom. The Morgan fingerprint density at radius 3 is 2.30 bits per heavy atom. The van der Waals surface area contributed by atoms with Crippen LogP contribution in [0.4, 0.5) is 11.4 Å². The van der Waals surface area contributed by atoms with Gasteiger partial charge >= 0.3 is 0 Å². The summed E-state index contributed by atoms with van der Waals surface area (Å²) in [5.74, 6) is -0.196. The summed E-state index contributed by atoms with van der Waals surface area (Å²) in [6, 6.07) is 11.5. The van der Waals surface area contributed by atoms with Gasteiger partial charge in [0.1, 0.15) is 0 Å². The van der Waals surface area contributed by atoms with Crippen LogP contribution in [0.5, 0.6) is 0 Å². The second-order valence-electron chi connectivity index (χ2n) is 6.81. The topological polar surface area (TPSA) is 66.5 Å². The van der Waals surface area contributed by atoms with Crippen molar-refractivity contribution in [1.82, 2.24) is 0 Å². The van der Waals surface area contributed by atoms with Crippen LogP contribution in [0.25, 0.3) is 0 Å². The van der Waals surface area contributed by atoms with Crippen LogP contribution in [0.15, 0.2) is 36.4 Å². The van der Waals surface area contributed by atoms with Gasteiger partial charge in [-0.25, -0.2) is 8.42 Å². The first-order chi connectivity index (χ1) is 12.6. The Bertz CT molecular complexity index is 936. The molecule has 0 aromatic heterocycles. The average molecular weight is 389 g/mol. The molecule has 1 amide bonds. The van der Waals surface area contributed by atoms with Gasteiger partial charge in [-0.15, -0.1) is 0 Å². The summed E-state index contributed by atoms with van der Waals surface area (Å²) in [6.45, 7) is 7.92. The normalized spacial score (nSPS) is 11.3. The Labute approximate surface area is 162 Å². The fourth-order valence-electron chi connectivity index (χ4n) is 3.08. The molecule has 6 heteroatoms. The maximum atomic E-state index is 12.5. The van der Waals surface area contributed by atoms with Crippen LogP contribution in [0.1, 0.15) is 35.6 Å². The third kappa shape index (κ3) is 5.10. The Morgan fingerprint density at radius 2 is 1.67 bits per heavy atom. The number of amides is 1. The minimum atomic E-state index is -3.49. The zero-order valence-corrected chi connectivity index (χ0v) is 17.5. The highest BCUT2D eigenvalue weighted by Crippen LogP contribution is 2.26. The van der Waals surface area contributed by atoms with E-state index in [0.717, 1.165) is 34.4 Å². The van der Waals surface area contributed by atoms with Crippen LogP contribution in [-0.4, -0.2) is 27.1 Å². The van der Waals surface area contributed by atoms with Crippen LogP contribution < -0.4 is 9.62 Å². The number of hydrogen-bond donors (Lipinski definition) is 1. The second kappa shape index (κ2) is 8.57. The number of carbonyl (C=O) groups excluding carboxylic acids is 1. The van der Waals surface area contributed by atoms with Crippen LogP contribution >= 0.6 is 0 Å². The molecule has 0 fully saturated rings. The van der Waals surface area contributed by atoms with E-state index >= 15 is 0 Å². The molecule has 0 saturated heterocycles. The summed E-state index contributed by atoms with van der Waals surface area (Å²) >= 11 is 0. The molecular weight excluding hydrogens is 360 g/mol. The van der Waals surface area contributed by atoms with Gasteiger partial charge < -0.3 is 5.32 Å². The molecule has 0 aliphatic rings. The number of nitrogens with one attached hydrogen (secondary N) is 1. The minimum Gasteiger partial charge on any atom is -0.326 e. The lowest BCUT2D eigenvalue weighted by Gasteiger charge is -2.25. The summed E-state index contributed by atoms with van der Waals surface area (Å²) in [4.78, 5) is 12.5. The van der Waals surface area contributed by atoms with Crippen LogP contribution in [0.3, 0.4) is 0 Å². The third-order valence-electron chi connectivity index (χ3n) is 4.79. The molecule has 2 aromatic rings. The predicted molar refractivity (Wildman–Crippen MR) is 112 cm³/mol. The van der Waals surface area contributed by atoms with Gasteiger partial charge in [0.25, 0.3) is 0 Å². The first-order valence-corrected chi connectivity index (χ1v) is 10.9. The van der Waals surface area contributed by atoms with Crippen LogP contribution in [-0.2, 0) is 21.2 Å². The van der Waals surface area contributed by atoms with Gasteiger partial charge in [0, 0.05) is 18.7 Å². The Balaban J connectivity index is 2.19. The van der Waals surface area contributed by atoms with E-state index in [1.807, 2.05) is 58.0 Å². The lowest BCUT2D eigenvalue weighted by Crippen LogP contribution is -2.33. The predicted octanol–water partition coefficient (Wildman–Crippen LogP) is 3.97. The van der Waals surface area contributed by atoms with Crippen molar-refractivity contribution < 1.29 is 13.2 Å². The summed E-state index contributed by atoms with van der Waals surface area (Å²) in [5, 5.41) is 2.95. The molecule has 27 heavy (non-hydrogen) atoms. The van der Waals surface area contributed by atoms with Crippen molar-refractivity contribution in [1.29, 1.82) is 0 Å². The van der Waals surface area contributed by atoms with Gasteiger partial charge in [-0.1, -0.05) is 37.3 Å². The van der Waals surface area contributed by atoms with Crippen molar-refractivity contribution in [2.24, 2.45) is 0 Å². The number of anilines is 2. The summed E-state index contributed by atoms with van der Waals surface area (Å²) in [5.41, 5.74) is 5.42. The summed E-state index contributed by atoms with van der Waals surface area (Å²) in [7, 11) is -3.49. The fourth-order valence-corrected chi connectivity index (χ4v) is 4.06. The molecule has 5 nitrogen and oxygen atoms in total. The molecular formula is C21H28N2O3S. The fraction of sp³-hybridized carbons (Fsp3) is 0.381. The van der Waals surface area contributed by atoms with Crippen molar-refractivity contribution in [3.05, 3.63) is 58.7 Å². The molecule has 0 radical (unpaired) electrons. The van der Waals surface area contributed by atoms with Crippen molar-refractivity contribution in [3.63, 3.8) is 0 Å². The van der Waals surface area contributed by atoms with E-state index in [-0.39, 0.29) is 18.9 Å². The number of nitrogens with zero attached hydrogens (tertiary/aromatic N) is 1. The molecule has 0 heterocycles. The van der Waals surface area contributed by atoms with E-state index in [1.54, 1.807) is 6.07 Å². The molecule has 2 aromatic carbocycles. The maximum Gasteiger partial charge on any atom is 0.232 e. The first-order valence-electron chi connectivity index (χ1n) is 9.07. The van der Waals surface area contributed by atoms with E-state index < -0.39 is 10.0 Å². The molecule has 0 unspecified atom stereocenters. The highest BCUT2D eigenvalue weighted by molar-refractivity contribution is 7.92. The highest BCUT2D eigenvalue weighted by atomic mass is 32.2. The van der Waals surface area contributed by atoms with Crippen molar-refractivity contribution in [2.45, 2.75) is 40.5 Å². The summed E-state index contributed by atoms with van der Waals surface area (Å²) in [6.07, 6.45) is 2.07. The smallest absolute Gasteiger partial charge is 0.232 e. The van der Waals surface area contributed by atoms with E-state index in [0.29, 0.717) is 5.69 Å². The zero-order chi connectivity index (χ0) is 20.2. The van der Waals surface area contributed by atoms with Crippen molar-refractivity contribution in [2.75, 3.05) is 22.4 Å². The molecule has 0 aliphatic heterocycles. The third-order valence-corrected chi connectivity index (χ3v) is 5.97. The van der Waals surface area contributed by atoms with Gasteiger partial charge in [0.15, 0.2) is 0 Å². The lowest BCUT2D eigenvalue weighted by atomic mass is 10.1. The van der Waals surface area contributed by atoms with Crippen molar-refractivity contribution in [3.8, 4) is 0 Å². The number of aryl methyl sites for hydroxylation is 3. The van der Waals surface area contributed by atoms with Crippen LogP contribution in [0.2, 0.25) is 0 Å². The van der Waals surface area contributed by atoms with Gasteiger partial charge in [-0.05, 0) is 55.5 Å². The molecule has 146 valence electrons. The molecule has 0 saturated carbocycles. The number of para-hydroxylation sites is 1. The monoisotopic (exact) mass is 388 g/mol. The lowest BCUT2D eigenvalue weighted by molar-refractivity contribution is -0.116. The highest BCUT2D eigenvalue weighted by Gasteiger charge is 2.21. The minimum absolute atomic E-state index is 0.0813. The van der Waals surface area contributed by atoms with E-state index in [1.165, 1.54) is 10.6 Å². The van der Waals surface area contributed by atoms with E-state index in [4.69, 9.17) is 0 Å². The van der Waals surface area contributed by atoms with Gasteiger partial charge in [0.2, 0.25) is 15.9 Å². The number of hydrogen-bond acceptors (Lipinski definition) is 3. The largest absolute Gasteiger partial charge is 0.326 e. The standard InChI is InChI=1S/C21H28N2O3S/c1-6-18-11-7-10-16(3)21(18)22-20(24)13-14-23(27(5,25)26)19-12-8-9-15(2)17(19)4/h7-12H,6,13-14H2,1-5H3,(H,22,24). The summed E-state index contributed by atoms with van der Waals surface area (Å²) < 4.78 is 25.9. The molecule has 0 bridgehead atoms. The van der Waals surface area contributed by atoms with Crippen LogP contribution in [0, 0.1) is 20.8 Å². The van der Waals surface area contributed by atoms with Crippen molar-refractivity contribution >= 4 is 27.3 Å². The average Bonchev–Trinajstić information content (AvgIpc) is 2.59. The number of benzene rings is 2. The first kappa shape index (κ1) is 21.0. The van der Waals surface area contributed by atoms with Gasteiger partial charge in [-0.3, -0.25) is 9.10 Å². The quantitative estimate of drug-likeness (QED) is 0.780. The van der Waals surface area contributed by atoms with Gasteiger partial charge in [0.05, 0.1) is 11.9 Å². The number of sulfonamides is 1. The van der Waals surface area contributed by atoms with Gasteiger partial charge in [-0.2, -0.15) is 0 Å². The van der Waals surface area contributed by atoms with E-state index in [9.17, 15) is 13.2 Å². The van der Waals surface area contributed by atoms with E-state index in [2.05, 4.69) is 5.32 Å². The Hall–Kier alpha value is -2.34. The SMILES string of the molecule is CCc1cccc(C)c1NC(=O)CCN(c1cccc(C)c1C)S(C)(=O)=O. The molecule has 2 rings (SSSR count). The zero-order valence-electron chi connectivity index (χ0n) is 16.7. The molecule has 0 spiro atoms. The molecule has 0 aliphatic carbocycles. The Kier molecular flexibility index (Phi) is 6.65. The molecule has 0 atom stereocenters. The number of carbonyl (C=O) groups is 1. The maximum absolute atomic E-state index is 12.5.